The lowest BCUT2D eigenvalue weighted by atomic mass is 10.1. The summed E-state index contributed by atoms with van der Waals surface area (Å²) in [6.07, 6.45) is -4.77. The molecule has 0 spiro atoms. The van der Waals surface area contributed by atoms with Gasteiger partial charge >= 0.3 is 12.1 Å². The maximum absolute atomic E-state index is 12.4. The Labute approximate surface area is 97.6 Å². The summed E-state index contributed by atoms with van der Waals surface area (Å²) in [5, 5.41) is 17.1. The largest absolute Gasteiger partial charge is 0.481 e. The molecule has 17 heavy (non-hydrogen) atoms. The highest BCUT2D eigenvalue weighted by Crippen LogP contribution is 2.27. The van der Waals surface area contributed by atoms with Gasteiger partial charge in [-0.25, -0.2) is 0 Å². The first-order valence-corrected chi connectivity index (χ1v) is 5.13. The molecule has 2 unspecified atom stereocenters. The Morgan fingerprint density at radius 2 is 2.00 bits per heavy atom. The summed E-state index contributed by atoms with van der Waals surface area (Å²) >= 11 is 0. The predicted octanol–water partition coefficient (Wildman–Crippen LogP) is 1.73. The molecular weight excluding hydrogens is 237 g/mol. The number of nitriles is 1. The van der Waals surface area contributed by atoms with Crippen LogP contribution in [0.2, 0.25) is 0 Å². The first-order valence-electron chi connectivity index (χ1n) is 5.13. The van der Waals surface area contributed by atoms with Gasteiger partial charge in [-0.3, -0.25) is 4.79 Å². The Bertz CT molecular complexity index is 299. The van der Waals surface area contributed by atoms with Crippen molar-refractivity contribution in [3.8, 4) is 6.07 Å². The molecule has 0 heterocycles. The van der Waals surface area contributed by atoms with E-state index in [4.69, 9.17) is 10.4 Å². The minimum absolute atomic E-state index is 0.132. The van der Waals surface area contributed by atoms with Crippen LogP contribution in [0.15, 0.2) is 0 Å². The number of alkyl halides is 3. The monoisotopic (exact) mass is 252 g/mol. The molecule has 0 amide bonds. The fourth-order valence-corrected chi connectivity index (χ4v) is 1.34. The molecule has 0 saturated heterocycles. The van der Waals surface area contributed by atoms with E-state index in [1.807, 2.05) is 6.07 Å². The Kier molecular flexibility index (Phi) is 5.96. The molecule has 0 aromatic heterocycles. The smallest absolute Gasteiger partial charge is 0.403 e. The van der Waals surface area contributed by atoms with Crippen molar-refractivity contribution in [2.75, 3.05) is 19.6 Å². The predicted molar refractivity (Wildman–Crippen MR) is 54.1 cm³/mol. The second-order valence-electron chi connectivity index (χ2n) is 3.81. The standard InChI is InChI=1S/C10H15F3N2O2/c1-3-15(5-7(2)4-14)6-8(9(16)17)10(11,12)13/h7-8H,3,5-6H2,1-2H3,(H,16,17). The van der Waals surface area contributed by atoms with E-state index in [2.05, 4.69) is 0 Å². The zero-order chi connectivity index (χ0) is 13.6. The van der Waals surface area contributed by atoms with Gasteiger partial charge in [-0.05, 0) is 13.5 Å². The van der Waals surface area contributed by atoms with E-state index in [1.165, 1.54) is 4.90 Å². The van der Waals surface area contributed by atoms with Crippen molar-refractivity contribution in [1.29, 1.82) is 5.26 Å². The molecule has 7 heteroatoms. The van der Waals surface area contributed by atoms with Crippen LogP contribution in [-0.4, -0.2) is 41.8 Å². The van der Waals surface area contributed by atoms with E-state index < -0.39 is 30.5 Å². The molecule has 0 aliphatic rings. The van der Waals surface area contributed by atoms with Crippen molar-refractivity contribution in [2.45, 2.75) is 20.0 Å². The van der Waals surface area contributed by atoms with Crippen LogP contribution in [0.5, 0.6) is 0 Å². The average Bonchev–Trinajstić information content (AvgIpc) is 2.21. The molecule has 98 valence electrons. The molecule has 2 atom stereocenters. The third-order valence-corrected chi connectivity index (χ3v) is 2.33. The number of hydrogen-bond donors (Lipinski definition) is 1. The minimum Gasteiger partial charge on any atom is -0.481 e. The van der Waals surface area contributed by atoms with Gasteiger partial charge in [0.15, 0.2) is 5.92 Å². The van der Waals surface area contributed by atoms with Crippen molar-refractivity contribution in [1.82, 2.24) is 4.90 Å². The van der Waals surface area contributed by atoms with Crippen LogP contribution < -0.4 is 0 Å². The van der Waals surface area contributed by atoms with Crippen molar-refractivity contribution >= 4 is 5.97 Å². The molecule has 0 rings (SSSR count). The zero-order valence-electron chi connectivity index (χ0n) is 9.66. The van der Waals surface area contributed by atoms with Crippen LogP contribution in [0.25, 0.3) is 0 Å². The summed E-state index contributed by atoms with van der Waals surface area (Å²) in [4.78, 5) is 11.9. The van der Waals surface area contributed by atoms with Crippen molar-refractivity contribution in [2.24, 2.45) is 11.8 Å². The van der Waals surface area contributed by atoms with Gasteiger partial charge in [0, 0.05) is 13.1 Å². The topological polar surface area (TPSA) is 64.3 Å². The van der Waals surface area contributed by atoms with Crippen LogP contribution in [0.1, 0.15) is 13.8 Å². The first-order chi connectivity index (χ1) is 7.72. The average molecular weight is 252 g/mol. The number of carboxylic acid groups (broad SMARTS) is 1. The lowest BCUT2D eigenvalue weighted by molar-refractivity contribution is -0.196. The molecule has 4 nitrogen and oxygen atoms in total. The highest BCUT2D eigenvalue weighted by molar-refractivity contribution is 5.71. The first kappa shape index (κ1) is 15.7. The maximum atomic E-state index is 12.4. The molecule has 1 N–H and O–H groups in total. The van der Waals surface area contributed by atoms with Crippen LogP contribution in [0.4, 0.5) is 13.2 Å². The fraction of sp³-hybridized carbons (Fsp3) is 0.800. The van der Waals surface area contributed by atoms with Gasteiger partial charge < -0.3 is 10.0 Å². The van der Waals surface area contributed by atoms with Gasteiger partial charge in [0.25, 0.3) is 0 Å². The fourth-order valence-electron chi connectivity index (χ4n) is 1.34. The molecule has 0 aromatic rings. The number of hydrogen-bond acceptors (Lipinski definition) is 3. The van der Waals surface area contributed by atoms with Crippen LogP contribution in [-0.2, 0) is 4.79 Å². The molecule has 0 aliphatic heterocycles. The minimum atomic E-state index is -4.77. The van der Waals surface area contributed by atoms with E-state index in [1.54, 1.807) is 13.8 Å². The highest BCUT2D eigenvalue weighted by Gasteiger charge is 2.45. The molecule has 0 saturated carbocycles. The second-order valence-corrected chi connectivity index (χ2v) is 3.81. The summed E-state index contributed by atoms with van der Waals surface area (Å²) in [5.74, 6) is -4.73. The SMILES string of the molecule is CCN(CC(C)C#N)CC(C(=O)O)C(F)(F)F. The maximum Gasteiger partial charge on any atom is 0.403 e. The Balaban J connectivity index is 4.63. The van der Waals surface area contributed by atoms with Gasteiger partial charge in [-0.15, -0.1) is 0 Å². The number of aliphatic carboxylic acids is 1. The highest BCUT2D eigenvalue weighted by atomic mass is 19.4. The van der Waals surface area contributed by atoms with Gasteiger partial charge in [0.1, 0.15) is 0 Å². The third-order valence-electron chi connectivity index (χ3n) is 2.33. The van der Waals surface area contributed by atoms with E-state index in [9.17, 15) is 18.0 Å². The molecule has 0 aromatic carbocycles. The molecule has 0 aliphatic carbocycles. The van der Waals surface area contributed by atoms with Gasteiger partial charge in [0.2, 0.25) is 0 Å². The molecular formula is C10H15F3N2O2. The molecule has 0 bridgehead atoms. The van der Waals surface area contributed by atoms with Crippen LogP contribution >= 0.6 is 0 Å². The van der Waals surface area contributed by atoms with E-state index in [0.29, 0.717) is 0 Å². The lowest BCUT2D eigenvalue weighted by Crippen LogP contribution is -2.42. The van der Waals surface area contributed by atoms with Crippen LogP contribution in [0, 0.1) is 23.2 Å². The van der Waals surface area contributed by atoms with Crippen LogP contribution in [0.3, 0.4) is 0 Å². The Hall–Kier alpha value is -1.29. The Morgan fingerprint density at radius 3 is 2.29 bits per heavy atom. The quantitative estimate of drug-likeness (QED) is 0.781. The summed E-state index contributed by atoms with van der Waals surface area (Å²) in [6, 6.07) is 1.90. The van der Waals surface area contributed by atoms with Gasteiger partial charge in [-0.1, -0.05) is 6.92 Å². The number of carbonyl (C=O) groups is 1. The number of carboxylic acids is 1. The molecule has 0 fully saturated rings. The van der Waals surface area contributed by atoms with Crippen molar-refractivity contribution in [3.63, 3.8) is 0 Å². The Morgan fingerprint density at radius 1 is 1.47 bits per heavy atom. The normalized spacial score (nSPS) is 15.4. The number of nitrogens with zero attached hydrogens (tertiary/aromatic N) is 2. The molecule has 0 radical (unpaired) electrons. The summed E-state index contributed by atoms with van der Waals surface area (Å²) in [7, 11) is 0. The van der Waals surface area contributed by atoms with E-state index >= 15 is 0 Å². The summed E-state index contributed by atoms with van der Waals surface area (Å²) < 4.78 is 37.2. The second kappa shape index (κ2) is 6.45. The lowest BCUT2D eigenvalue weighted by Gasteiger charge is -2.26. The number of rotatable bonds is 6. The summed E-state index contributed by atoms with van der Waals surface area (Å²) in [6.45, 7) is 2.98. The summed E-state index contributed by atoms with van der Waals surface area (Å²) in [5.41, 5.74) is 0. The third kappa shape index (κ3) is 5.54. The van der Waals surface area contributed by atoms with Gasteiger partial charge in [0.05, 0.1) is 12.0 Å². The number of halogens is 3. The van der Waals surface area contributed by atoms with Crippen molar-refractivity contribution < 1.29 is 23.1 Å². The van der Waals surface area contributed by atoms with Crippen molar-refractivity contribution in [3.05, 3.63) is 0 Å². The van der Waals surface area contributed by atoms with E-state index in [0.717, 1.165) is 0 Å². The van der Waals surface area contributed by atoms with Gasteiger partial charge in [-0.2, -0.15) is 18.4 Å². The zero-order valence-corrected chi connectivity index (χ0v) is 9.66. The van der Waals surface area contributed by atoms with E-state index in [-0.39, 0.29) is 13.1 Å².